The molecule has 2 aromatic heterocycles. The molecule has 8 heteroatoms. The van der Waals surface area contributed by atoms with Gasteiger partial charge in [0.15, 0.2) is 16.6 Å². The number of hydrogen-bond acceptors (Lipinski definition) is 7. The molecule has 1 fully saturated rings. The monoisotopic (exact) mass is 474 g/mol. The summed E-state index contributed by atoms with van der Waals surface area (Å²) >= 11 is 1.64. The highest BCUT2D eigenvalue weighted by atomic mass is 32.1. The zero-order valence-electron chi connectivity index (χ0n) is 19.2. The zero-order chi connectivity index (χ0) is 23.5. The van der Waals surface area contributed by atoms with E-state index >= 15 is 0 Å². The molecule has 0 radical (unpaired) electrons. The number of pyridine rings is 1. The van der Waals surface area contributed by atoms with Crippen LogP contribution in [-0.2, 0) is 0 Å². The van der Waals surface area contributed by atoms with Gasteiger partial charge in [-0.2, -0.15) is 0 Å². The molecule has 4 aromatic rings. The molecule has 0 aliphatic carbocycles. The third kappa shape index (κ3) is 4.28. The number of nitrogens with zero attached hydrogens (tertiary/aromatic N) is 4. The minimum absolute atomic E-state index is 0.0290. The molecule has 1 amide bonds. The van der Waals surface area contributed by atoms with Crippen molar-refractivity contribution in [3.8, 4) is 22.8 Å². The number of ether oxygens (including phenoxy) is 2. The van der Waals surface area contributed by atoms with Crippen LogP contribution in [0.4, 0.5) is 5.13 Å². The standard InChI is InChI=1S/C26H26N4O3S/c1-32-23-9-8-18(16-24(23)33-2)22-17-20(19-6-3-4-7-21(19)28-22)25(31)29-11-5-12-30(14-13-29)26-27-10-15-34-26/h3-4,6-10,15-17H,5,11-14H2,1-2H3. The smallest absolute Gasteiger partial charge is 0.254 e. The number of anilines is 1. The Bertz CT molecular complexity index is 1310. The van der Waals surface area contributed by atoms with Crippen molar-refractivity contribution >= 4 is 33.3 Å². The van der Waals surface area contributed by atoms with E-state index in [4.69, 9.17) is 14.5 Å². The molecule has 1 aliphatic rings. The lowest BCUT2D eigenvalue weighted by Gasteiger charge is -2.22. The van der Waals surface area contributed by atoms with Gasteiger partial charge in [-0.25, -0.2) is 9.97 Å². The van der Waals surface area contributed by atoms with Gasteiger partial charge in [-0.1, -0.05) is 18.2 Å². The first-order chi connectivity index (χ1) is 16.7. The predicted octanol–water partition coefficient (Wildman–Crippen LogP) is 4.73. The van der Waals surface area contributed by atoms with Crippen molar-refractivity contribution in [3.63, 3.8) is 0 Å². The van der Waals surface area contributed by atoms with E-state index in [1.165, 1.54) is 0 Å². The Morgan fingerprint density at radius 1 is 0.971 bits per heavy atom. The van der Waals surface area contributed by atoms with Crippen molar-refractivity contribution in [1.29, 1.82) is 0 Å². The third-order valence-electron chi connectivity index (χ3n) is 6.10. The fraction of sp³-hybridized carbons (Fsp3) is 0.269. The summed E-state index contributed by atoms with van der Waals surface area (Å²) in [6, 6.07) is 15.4. The molecule has 0 atom stereocenters. The number of thiazole rings is 1. The highest BCUT2D eigenvalue weighted by Crippen LogP contribution is 2.33. The highest BCUT2D eigenvalue weighted by Gasteiger charge is 2.24. The molecule has 2 aromatic carbocycles. The summed E-state index contributed by atoms with van der Waals surface area (Å²) in [5, 5.41) is 3.86. The first-order valence-corrected chi connectivity index (χ1v) is 12.1. The maximum Gasteiger partial charge on any atom is 0.254 e. The lowest BCUT2D eigenvalue weighted by atomic mass is 10.0. The number of benzene rings is 2. The fourth-order valence-corrected chi connectivity index (χ4v) is 5.05. The van der Waals surface area contributed by atoms with Crippen LogP contribution < -0.4 is 14.4 Å². The van der Waals surface area contributed by atoms with Gasteiger partial charge >= 0.3 is 0 Å². The van der Waals surface area contributed by atoms with E-state index < -0.39 is 0 Å². The Morgan fingerprint density at radius 3 is 2.62 bits per heavy atom. The van der Waals surface area contributed by atoms with Gasteiger partial charge in [0, 0.05) is 48.7 Å². The predicted molar refractivity (Wildman–Crippen MR) is 135 cm³/mol. The van der Waals surface area contributed by atoms with Crippen LogP contribution in [0.2, 0.25) is 0 Å². The van der Waals surface area contributed by atoms with Crippen molar-refractivity contribution in [3.05, 3.63) is 65.7 Å². The van der Waals surface area contributed by atoms with Gasteiger partial charge in [0.1, 0.15) is 0 Å². The molecule has 5 rings (SSSR count). The molecule has 3 heterocycles. The normalized spacial score (nSPS) is 14.2. The van der Waals surface area contributed by atoms with Gasteiger partial charge in [0.2, 0.25) is 0 Å². The van der Waals surface area contributed by atoms with E-state index in [1.54, 1.807) is 25.6 Å². The molecule has 0 saturated carbocycles. The van der Waals surface area contributed by atoms with Crippen LogP contribution in [0, 0.1) is 0 Å². The highest BCUT2D eigenvalue weighted by molar-refractivity contribution is 7.13. The quantitative estimate of drug-likeness (QED) is 0.417. The van der Waals surface area contributed by atoms with Crippen molar-refractivity contribution in [2.75, 3.05) is 45.3 Å². The van der Waals surface area contributed by atoms with Crippen LogP contribution >= 0.6 is 11.3 Å². The topological polar surface area (TPSA) is 67.8 Å². The number of fused-ring (bicyclic) bond motifs is 1. The number of aromatic nitrogens is 2. The average Bonchev–Trinajstić information content (AvgIpc) is 3.31. The largest absolute Gasteiger partial charge is 0.493 e. The van der Waals surface area contributed by atoms with Crippen molar-refractivity contribution < 1.29 is 14.3 Å². The van der Waals surface area contributed by atoms with Crippen LogP contribution in [0.25, 0.3) is 22.2 Å². The second-order valence-corrected chi connectivity index (χ2v) is 8.96. The summed E-state index contributed by atoms with van der Waals surface area (Å²) in [6.45, 7) is 3.03. The summed E-state index contributed by atoms with van der Waals surface area (Å²) in [7, 11) is 3.22. The van der Waals surface area contributed by atoms with Crippen LogP contribution in [0.15, 0.2) is 60.1 Å². The lowest BCUT2D eigenvalue weighted by molar-refractivity contribution is 0.0769. The van der Waals surface area contributed by atoms with E-state index in [0.717, 1.165) is 46.8 Å². The number of amides is 1. The molecule has 1 saturated heterocycles. The Kier molecular flexibility index (Phi) is 6.31. The average molecular weight is 475 g/mol. The van der Waals surface area contributed by atoms with Gasteiger partial charge < -0.3 is 19.3 Å². The Hall–Kier alpha value is -3.65. The second kappa shape index (κ2) is 9.69. The molecular weight excluding hydrogens is 448 g/mol. The maximum absolute atomic E-state index is 13.8. The van der Waals surface area contributed by atoms with Gasteiger partial charge in [-0.15, -0.1) is 11.3 Å². The first kappa shape index (κ1) is 22.2. The number of hydrogen-bond donors (Lipinski definition) is 0. The van der Waals surface area contributed by atoms with E-state index in [2.05, 4.69) is 9.88 Å². The molecule has 0 N–H and O–H groups in total. The molecule has 0 unspecified atom stereocenters. The number of rotatable bonds is 5. The van der Waals surface area contributed by atoms with Crippen LogP contribution in [0.5, 0.6) is 11.5 Å². The molecule has 7 nitrogen and oxygen atoms in total. The second-order valence-electron chi connectivity index (χ2n) is 8.09. The van der Waals surface area contributed by atoms with E-state index in [1.807, 2.05) is 65.0 Å². The van der Waals surface area contributed by atoms with Crippen molar-refractivity contribution in [2.24, 2.45) is 0 Å². The number of methoxy groups -OCH3 is 2. The number of para-hydroxylation sites is 1. The Balaban J connectivity index is 1.50. The molecular formula is C26H26N4O3S. The number of carbonyl (C=O) groups excluding carboxylic acids is 1. The van der Waals surface area contributed by atoms with Crippen LogP contribution in [0.3, 0.4) is 0 Å². The molecule has 0 spiro atoms. The third-order valence-corrected chi connectivity index (χ3v) is 6.93. The summed E-state index contributed by atoms with van der Waals surface area (Å²) in [4.78, 5) is 27.3. The molecule has 34 heavy (non-hydrogen) atoms. The molecule has 0 bridgehead atoms. The Labute approximate surface area is 202 Å². The fourth-order valence-electron chi connectivity index (χ4n) is 4.35. The van der Waals surface area contributed by atoms with Crippen LogP contribution in [-0.4, -0.2) is 61.2 Å². The maximum atomic E-state index is 13.8. The van der Waals surface area contributed by atoms with E-state index in [9.17, 15) is 4.79 Å². The summed E-state index contributed by atoms with van der Waals surface area (Å²) in [5.74, 6) is 1.30. The SMILES string of the molecule is COc1ccc(-c2cc(C(=O)N3CCCN(c4nccs4)CC3)c3ccccc3n2)cc1OC. The van der Waals surface area contributed by atoms with Crippen molar-refractivity contribution in [1.82, 2.24) is 14.9 Å². The zero-order valence-corrected chi connectivity index (χ0v) is 20.0. The summed E-state index contributed by atoms with van der Waals surface area (Å²) in [6.07, 6.45) is 2.73. The summed E-state index contributed by atoms with van der Waals surface area (Å²) < 4.78 is 10.8. The minimum Gasteiger partial charge on any atom is -0.493 e. The van der Waals surface area contributed by atoms with Gasteiger partial charge in [0.25, 0.3) is 5.91 Å². The summed E-state index contributed by atoms with van der Waals surface area (Å²) in [5.41, 5.74) is 3.04. The molecule has 1 aliphatic heterocycles. The van der Waals surface area contributed by atoms with Crippen molar-refractivity contribution in [2.45, 2.75) is 6.42 Å². The van der Waals surface area contributed by atoms with E-state index in [-0.39, 0.29) is 5.91 Å². The van der Waals surface area contributed by atoms with Crippen LogP contribution in [0.1, 0.15) is 16.8 Å². The molecule has 174 valence electrons. The minimum atomic E-state index is 0.0290. The van der Waals surface area contributed by atoms with Gasteiger partial charge in [-0.05, 0) is 36.8 Å². The number of carbonyl (C=O) groups is 1. The van der Waals surface area contributed by atoms with Gasteiger partial charge in [0.05, 0.1) is 31.0 Å². The van der Waals surface area contributed by atoms with Gasteiger partial charge in [-0.3, -0.25) is 4.79 Å². The van der Waals surface area contributed by atoms with E-state index in [0.29, 0.717) is 30.2 Å². The lowest BCUT2D eigenvalue weighted by Crippen LogP contribution is -2.35. The Morgan fingerprint density at radius 2 is 1.82 bits per heavy atom. The first-order valence-electron chi connectivity index (χ1n) is 11.2.